The van der Waals surface area contributed by atoms with Crippen molar-refractivity contribution in [2.24, 2.45) is 0 Å². The Morgan fingerprint density at radius 2 is 2.00 bits per heavy atom. The van der Waals surface area contributed by atoms with E-state index in [1.54, 1.807) is 18.2 Å². The third kappa shape index (κ3) is 5.26. The molecule has 162 valence electrons. The molecular formula is C25H27NO5. The maximum Gasteiger partial charge on any atom is 0.331 e. The highest BCUT2D eigenvalue weighted by atomic mass is 16.5. The van der Waals surface area contributed by atoms with Gasteiger partial charge in [0.2, 0.25) is 6.10 Å². The van der Waals surface area contributed by atoms with Crippen molar-refractivity contribution < 1.29 is 23.8 Å². The van der Waals surface area contributed by atoms with Crippen molar-refractivity contribution in [1.29, 1.82) is 0 Å². The van der Waals surface area contributed by atoms with Crippen LogP contribution in [0.5, 0.6) is 11.5 Å². The fourth-order valence-corrected chi connectivity index (χ4v) is 3.58. The van der Waals surface area contributed by atoms with Crippen LogP contribution in [-0.2, 0) is 20.7 Å². The first-order chi connectivity index (χ1) is 15.0. The average molecular weight is 421 g/mol. The van der Waals surface area contributed by atoms with Crippen LogP contribution in [0.4, 0.5) is 0 Å². The van der Waals surface area contributed by atoms with Gasteiger partial charge in [-0.05, 0) is 44.9 Å². The number of benzene rings is 2. The smallest absolute Gasteiger partial charge is 0.331 e. The third-order valence-electron chi connectivity index (χ3n) is 5.23. The van der Waals surface area contributed by atoms with Crippen LogP contribution in [0.25, 0.3) is 6.08 Å². The van der Waals surface area contributed by atoms with Crippen LogP contribution in [0.2, 0.25) is 0 Å². The Balaban J connectivity index is 1.51. The molecule has 31 heavy (non-hydrogen) atoms. The van der Waals surface area contributed by atoms with Gasteiger partial charge < -0.3 is 19.5 Å². The molecule has 4 rings (SSSR count). The monoisotopic (exact) mass is 421 g/mol. The van der Waals surface area contributed by atoms with Gasteiger partial charge >= 0.3 is 5.97 Å². The molecule has 0 aromatic heterocycles. The van der Waals surface area contributed by atoms with Gasteiger partial charge in [-0.25, -0.2) is 4.79 Å². The summed E-state index contributed by atoms with van der Waals surface area (Å²) < 4.78 is 17.1. The highest BCUT2D eigenvalue weighted by Crippen LogP contribution is 2.35. The van der Waals surface area contributed by atoms with E-state index in [1.807, 2.05) is 44.2 Å². The van der Waals surface area contributed by atoms with E-state index in [2.05, 4.69) is 5.32 Å². The van der Waals surface area contributed by atoms with E-state index in [1.165, 1.54) is 6.08 Å². The number of amides is 1. The molecule has 1 fully saturated rings. The average Bonchev–Trinajstić information content (AvgIpc) is 3.49. The molecule has 0 spiro atoms. The van der Waals surface area contributed by atoms with Gasteiger partial charge in [-0.15, -0.1) is 0 Å². The number of fused-ring (bicyclic) bond motifs is 1. The lowest BCUT2D eigenvalue weighted by atomic mass is 10.1. The van der Waals surface area contributed by atoms with Crippen molar-refractivity contribution in [3.05, 3.63) is 65.2 Å². The minimum atomic E-state index is -0.991. The minimum Gasteiger partial charge on any atom is -0.493 e. The maximum atomic E-state index is 12.7. The Labute approximate surface area is 182 Å². The van der Waals surface area contributed by atoms with E-state index < -0.39 is 12.1 Å². The van der Waals surface area contributed by atoms with E-state index in [-0.39, 0.29) is 18.1 Å². The van der Waals surface area contributed by atoms with E-state index >= 15 is 0 Å². The second kappa shape index (κ2) is 9.25. The Bertz CT molecular complexity index is 981. The number of carbonyl (C=O) groups is 2. The summed E-state index contributed by atoms with van der Waals surface area (Å²) in [5.74, 6) is 0.589. The summed E-state index contributed by atoms with van der Waals surface area (Å²) in [6, 6.07) is 13.1. The third-order valence-corrected chi connectivity index (χ3v) is 5.23. The summed E-state index contributed by atoms with van der Waals surface area (Å²) in [4.78, 5) is 25.3. The minimum absolute atomic E-state index is 0.116. The molecule has 1 heterocycles. The molecule has 0 radical (unpaired) electrons. The molecule has 6 heteroatoms. The molecule has 0 unspecified atom stereocenters. The van der Waals surface area contributed by atoms with Gasteiger partial charge in [-0.3, -0.25) is 4.79 Å². The lowest BCUT2D eigenvalue weighted by Gasteiger charge is -2.17. The van der Waals surface area contributed by atoms with E-state index in [0.29, 0.717) is 17.9 Å². The predicted octanol–water partition coefficient (Wildman–Crippen LogP) is 3.99. The molecule has 2 aliphatic rings. The Hall–Kier alpha value is -3.28. The van der Waals surface area contributed by atoms with Gasteiger partial charge in [-0.2, -0.15) is 0 Å². The molecule has 2 aromatic rings. The zero-order valence-electron chi connectivity index (χ0n) is 17.8. The van der Waals surface area contributed by atoms with Crippen LogP contribution in [0.3, 0.4) is 0 Å². The van der Waals surface area contributed by atoms with Gasteiger partial charge in [0.25, 0.3) is 5.91 Å². The first kappa shape index (κ1) is 21.0. The van der Waals surface area contributed by atoms with E-state index in [4.69, 9.17) is 14.2 Å². The second-order valence-electron chi connectivity index (χ2n) is 7.91. The summed E-state index contributed by atoms with van der Waals surface area (Å²) in [7, 11) is 0. The van der Waals surface area contributed by atoms with E-state index in [9.17, 15) is 9.59 Å². The first-order valence-electron chi connectivity index (χ1n) is 10.7. The van der Waals surface area contributed by atoms with Gasteiger partial charge in [0.05, 0.1) is 6.61 Å². The Kier molecular flexibility index (Phi) is 6.26. The quantitative estimate of drug-likeness (QED) is 0.515. The standard InChI is InChI=1S/C25H27NO5/c1-3-29-21-15-19-13-16(2)30-22(19)14-18(21)9-12-23(27)31-24(17-7-5-4-6-8-17)25(28)26-20-10-11-20/h4-9,12,14-16,20,24H,3,10-11,13H2,1-2H3,(H,26,28)/b12-9+/t16-,24-/m1/s1. The number of ether oxygens (including phenoxy) is 3. The van der Waals surface area contributed by atoms with Crippen molar-refractivity contribution in [3.8, 4) is 11.5 Å². The normalized spacial score (nSPS) is 18.2. The van der Waals surface area contributed by atoms with E-state index in [0.717, 1.165) is 36.1 Å². The van der Waals surface area contributed by atoms with Crippen molar-refractivity contribution in [2.75, 3.05) is 6.61 Å². The van der Waals surface area contributed by atoms with Gasteiger partial charge in [-0.1, -0.05) is 30.3 Å². The zero-order valence-corrected chi connectivity index (χ0v) is 17.8. The molecule has 1 aliphatic heterocycles. The van der Waals surface area contributed by atoms with Crippen molar-refractivity contribution in [1.82, 2.24) is 5.32 Å². The fraction of sp³-hybridized carbons (Fsp3) is 0.360. The summed E-state index contributed by atoms with van der Waals surface area (Å²) in [5.41, 5.74) is 2.46. The largest absolute Gasteiger partial charge is 0.493 e. The van der Waals surface area contributed by atoms with Gasteiger partial charge in [0.15, 0.2) is 0 Å². The number of rotatable bonds is 8. The molecule has 0 saturated heterocycles. The second-order valence-corrected chi connectivity index (χ2v) is 7.91. The molecule has 1 aliphatic carbocycles. The zero-order chi connectivity index (χ0) is 21.8. The highest BCUT2D eigenvalue weighted by molar-refractivity contribution is 5.91. The molecule has 1 saturated carbocycles. The predicted molar refractivity (Wildman–Crippen MR) is 117 cm³/mol. The Morgan fingerprint density at radius 1 is 1.23 bits per heavy atom. The summed E-state index contributed by atoms with van der Waals surface area (Å²) in [5, 5.41) is 2.91. The van der Waals surface area contributed by atoms with Gasteiger partial charge in [0, 0.05) is 35.2 Å². The summed E-state index contributed by atoms with van der Waals surface area (Å²) in [6.45, 7) is 4.44. The highest BCUT2D eigenvalue weighted by Gasteiger charge is 2.30. The van der Waals surface area contributed by atoms with Crippen molar-refractivity contribution in [2.45, 2.75) is 51.4 Å². The maximum absolute atomic E-state index is 12.7. The van der Waals surface area contributed by atoms with Crippen LogP contribution >= 0.6 is 0 Å². The number of nitrogens with one attached hydrogen (secondary N) is 1. The lowest BCUT2D eigenvalue weighted by Crippen LogP contribution is -2.33. The molecular weight excluding hydrogens is 394 g/mol. The molecule has 1 amide bonds. The summed E-state index contributed by atoms with van der Waals surface area (Å²) in [6.07, 6.45) is 4.83. The molecule has 0 bridgehead atoms. The fourth-order valence-electron chi connectivity index (χ4n) is 3.58. The van der Waals surface area contributed by atoms with Crippen LogP contribution in [0.15, 0.2) is 48.5 Å². The number of hydrogen-bond donors (Lipinski definition) is 1. The first-order valence-corrected chi connectivity index (χ1v) is 10.7. The van der Waals surface area contributed by atoms with Crippen LogP contribution in [-0.4, -0.2) is 30.6 Å². The van der Waals surface area contributed by atoms with Crippen LogP contribution in [0, 0.1) is 0 Å². The van der Waals surface area contributed by atoms with Crippen LogP contribution in [0.1, 0.15) is 49.5 Å². The van der Waals surface area contributed by atoms with Gasteiger partial charge in [0.1, 0.15) is 17.6 Å². The molecule has 2 atom stereocenters. The number of esters is 1. The number of hydrogen-bond acceptors (Lipinski definition) is 5. The van der Waals surface area contributed by atoms with Crippen LogP contribution < -0.4 is 14.8 Å². The topological polar surface area (TPSA) is 73.9 Å². The SMILES string of the molecule is CCOc1cc2c(cc1/C=C/C(=O)O[C@@H](C(=O)NC1CC1)c1ccccc1)O[C@H](C)C2. The lowest BCUT2D eigenvalue weighted by molar-refractivity contribution is -0.151. The molecule has 2 aromatic carbocycles. The van der Waals surface area contributed by atoms with Crippen molar-refractivity contribution >= 4 is 18.0 Å². The number of carbonyl (C=O) groups excluding carboxylic acids is 2. The summed E-state index contributed by atoms with van der Waals surface area (Å²) >= 11 is 0. The molecule has 1 N–H and O–H groups in total. The molecule has 6 nitrogen and oxygen atoms in total. The Morgan fingerprint density at radius 3 is 2.71 bits per heavy atom. The van der Waals surface area contributed by atoms with Crippen molar-refractivity contribution in [3.63, 3.8) is 0 Å².